The Labute approximate surface area is 152 Å². The minimum Gasteiger partial charge on any atom is -0.376 e. The van der Waals surface area contributed by atoms with Crippen LogP contribution >= 0.6 is 11.6 Å². The predicted molar refractivity (Wildman–Crippen MR) is 97.5 cm³/mol. The van der Waals surface area contributed by atoms with Crippen molar-refractivity contribution in [2.24, 2.45) is 0 Å². The highest BCUT2D eigenvalue weighted by Crippen LogP contribution is 2.36. The fourth-order valence-corrected chi connectivity index (χ4v) is 2.71. The van der Waals surface area contributed by atoms with Gasteiger partial charge in [0.1, 0.15) is 0 Å². The number of halogens is 4. The molecule has 0 aliphatic carbocycles. The van der Waals surface area contributed by atoms with Crippen LogP contribution in [0.3, 0.4) is 0 Å². The van der Waals surface area contributed by atoms with Crippen LogP contribution in [0.4, 0.5) is 24.5 Å². The summed E-state index contributed by atoms with van der Waals surface area (Å²) >= 11 is 5.62. The van der Waals surface area contributed by atoms with Crippen molar-refractivity contribution in [2.45, 2.75) is 6.18 Å². The largest absolute Gasteiger partial charge is 0.418 e. The molecule has 3 aromatic carbocycles. The summed E-state index contributed by atoms with van der Waals surface area (Å²) in [5.41, 5.74) is -0.609. The minimum atomic E-state index is -4.61. The highest BCUT2D eigenvalue weighted by Gasteiger charge is 2.34. The summed E-state index contributed by atoms with van der Waals surface area (Å²) in [4.78, 5) is 12.0. The van der Waals surface area contributed by atoms with Gasteiger partial charge in [0.15, 0.2) is 0 Å². The highest BCUT2D eigenvalue weighted by molar-refractivity contribution is 6.30. The molecule has 0 bridgehead atoms. The van der Waals surface area contributed by atoms with E-state index in [0.717, 1.165) is 22.9 Å². The number of hydrogen-bond donors (Lipinski definition) is 2. The Balaban J connectivity index is 1.69. The third-order valence-electron chi connectivity index (χ3n) is 3.76. The third kappa shape index (κ3) is 4.26. The van der Waals surface area contributed by atoms with Gasteiger partial charge in [-0.2, -0.15) is 13.2 Å². The van der Waals surface area contributed by atoms with Gasteiger partial charge in [0.05, 0.1) is 17.8 Å². The van der Waals surface area contributed by atoms with Crippen LogP contribution in [0.15, 0.2) is 60.7 Å². The zero-order valence-electron chi connectivity index (χ0n) is 13.4. The minimum absolute atomic E-state index is 0.0513. The van der Waals surface area contributed by atoms with Crippen LogP contribution in [-0.2, 0) is 11.0 Å². The van der Waals surface area contributed by atoms with Crippen LogP contribution in [0, 0.1) is 0 Å². The van der Waals surface area contributed by atoms with Gasteiger partial charge in [0.2, 0.25) is 5.91 Å². The Morgan fingerprint density at radius 2 is 1.69 bits per heavy atom. The number of alkyl halides is 3. The molecule has 0 atom stereocenters. The summed E-state index contributed by atoms with van der Waals surface area (Å²) in [7, 11) is 0. The van der Waals surface area contributed by atoms with Crippen molar-refractivity contribution >= 4 is 39.7 Å². The first-order chi connectivity index (χ1) is 12.3. The molecule has 3 rings (SSSR count). The van der Waals surface area contributed by atoms with Gasteiger partial charge < -0.3 is 10.6 Å². The zero-order chi connectivity index (χ0) is 18.7. The van der Waals surface area contributed by atoms with Crippen LogP contribution in [-0.4, -0.2) is 12.5 Å². The van der Waals surface area contributed by atoms with Crippen molar-refractivity contribution in [3.05, 3.63) is 71.2 Å². The highest BCUT2D eigenvalue weighted by atomic mass is 35.5. The number of rotatable bonds is 4. The molecule has 3 nitrogen and oxygen atoms in total. The van der Waals surface area contributed by atoms with Crippen molar-refractivity contribution in [3.63, 3.8) is 0 Å². The number of carbonyl (C=O) groups excluding carboxylic acids is 1. The molecule has 2 N–H and O–H groups in total. The number of carbonyl (C=O) groups is 1. The van der Waals surface area contributed by atoms with Crippen LogP contribution < -0.4 is 10.6 Å². The standard InChI is InChI=1S/C19H14ClF3N2O/c20-14-6-8-17(16(10-14)19(21,22)23)25-18(26)11-24-15-7-5-12-3-1-2-4-13(12)9-15/h1-10,24H,11H2,(H,25,26). The van der Waals surface area contributed by atoms with E-state index in [-0.39, 0.29) is 17.3 Å². The Kier molecular flexibility index (Phi) is 5.04. The van der Waals surface area contributed by atoms with Gasteiger partial charge in [-0.1, -0.05) is 41.9 Å². The molecule has 1 amide bonds. The second-order valence-corrected chi connectivity index (χ2v) is 6.09. The number of fused-ring (bicyclic) bond motifs is 1. The Morgan fingerprint density at radius 1 is 0.962 bits per heavy atom. The number of hydrogen-bond acceptors (Lipinski definition) is 2. The molecular weight excluding hydrogens is 365 g/mol. The van der Waals surface area contributed by atoms with Crippen molar-refractivity contribution in [2.75, 3.05) is 17.2 Å². The van der Waals surface area contributed by atoms with Crippen LogP contribution in [0.1, 0.15) is 5.56 Å². The van der Waals surface area contributed by atoms with E-state index in [2.05, 4.69) is 10.6 Å². The molecule has 0 saturated carbocycles. The predicted octanol–water partition coefficient (Wildman–Crippen LogP) is 5.56. The maximum Gasteiger partial charge on any atom is 0.418 e. The first kappa shape index (κ1) is 18.1. The SMILES string of the molecule is O=C(CNc1ccc2ccccc2c1)Nc1ccc(Cl)cc1C(F)(F)F. The van der Waals surface area contributed by atoms with Crippen molar-refractivity contribution in [3.8, 4) is 0 Å². The Hall–Kier alpha value is -2.73. The average Bonchev–Trinajstić information content (AvgIpc) is 2.60. The van der Waals surface area contributed by atoms with E-state index < -0.39 is 17.6 Å². The lowest BCUT2D eigenvalue weighted by atomic mass is 10.1. The molecular formula is C19H14ClF3N2O. The normalized spacial score (nSPS) is 11.4. The van der Waals surface area contributed by atoms with Gasteiger partial charge in [-0.05, 0) is 41.1 Å². The molecule has 134 valence electrons. The van der Waals surface area contributed by atoms with E-state index in [0.29, 0.717) is 5.69 Å². The lowest BCUT2D eigenvalue weighted by Gasteiger charge is -2.14. The number of anilines is 2. The van der Waals surface area contributed by atoms with Crippen LogP contribution in [0.2, 0.25) is 5.02 Å². The molecule has 0 spiro atoms. The zero-order valence-corrected chi connectivity index (χ0v) is 14.2. The summed E-state index contributed by atoms with van der Waals surface area (Å²) < 4.78 is 39.2. The van der Waals surface area contributed by atoms with Crippen molar-refractivity contribution < 1.29 is 18.0 Å². The molecule has 0 aliphatic heterocycles. The van der Waals surface area contributed by atoms with Crippen molar-refractivity contribution in [1.29, 1.82) is 0 Å². The van der Waals surface area contributed by atoms with Gasteiger partial charge in [-0.15, -0.1) is 0 Å². The topological polar surface area (TPSA) is 41.1 Å². The molecule has 0 aromatic heterocycles. The molecule has 7 heteroatoms. The van der Waals surface area contributed by atoms with E-state index in [1.54, 1.807) is 6.07 Å². The molecule has 0 unspecified atom stereocenters. The first-order valence-corrected chi connectivity index (χ1v) is 8.10. The van der Waals surface area contributed by atoms with E-state index in [1.807, 2.05) is 36.4 Å². The van der Waals surface area contributed by atoms with E-state index in [4.69, 9.17) is 11.6 Å². The van der Waals surface area contributed by atoms with E-state index in [1.165, 1.54) is 6.07 Å². The second kappa shape index (κ2) is 7.25. The van der Waals surface area contributed by atoms with Gasteiger partial charge in [0.25, 0.3) is 0 Å². The lowest BCUT2D eigenvalue weighted by Crippen LogP contribution is -2.23. The Morgan fingerprint density at radius 3 is 2.42 bits per heavy atom. The summed E-state index contributed by atoms with van der Waals surface area (Å²) in [5.74, 6) is -0.592. The van der Waals surface area contributed by atoms with E-state index >= 15 is 0 Å². The Bertz CT molecular complexity index is 957. The summed E-state index contributed by atoms with van der Waals surface area (Å²) in [5, 5.41) is 7.18. The molecule has 0 saturated heterocycles. The molecule has 0 fully saturated rings. The molecule has 0 aliphatic rings. The van der Waals surface area contributed by atoms with Crippen molar-refractivity contribution in [1.82, 2.24) is 0 Å². The molecule has 3 aromatic rings. The fourth-order valence-electron chi connectivity index (χ4n) is 2.54. The monoisotopic (exact) mass is 378 g/mol. The fraction of sp³-hybridized carbons (Fsp3) is 0.105. The van der Waals surface area contributed by atoms with Gasteiger partial charge in [-0.25, -0.2) is 0 Å². The number of benzene rings is 3. The smallest absolute Gasteiger partial charge is 0.376 e. The second-order valence-electron chi connectivity index (χ2n) is 5.65. The number of amides is 1. The summed E-state index contributed by atoms with van der Waals surface area (Å²) in [6.45, 7) is -0.168. The number of nitrogens with one attached hydrogen (secondary N) is 2. The maximum atomic E-state index is 13.1. The first-order valence-electron chi connectivity index (χ1n) is 7.72. The third-order valence-corrected chi connectivity index (χ3v) is 4.00. The van der Waals surface area contributed by atoms with E-state index in [9.17, 15) is 18.0 Å². The maximum absolute atomic E-state index is 13.1. The summed E-state index contributed by atoms with van der Waals surface area (Å²) in [6.07, 6.45) is -4.61. The molecule has 0 radical (unpaired) electrons. The molecule has 0 heterocycles. The lowest BCUT2D eigenvalue weighted by molar-refractivity contribution is -0.137. The van der Waals surface area contributed by atoms with Gasteiger partial charge >= 0.3 is 6.18 Å². The van der Waals surface area contributed by atoms with Crippen LogP contribution in [0.5, 0.6) is 0 Å². The van der Waals surface area contributed by atoms with Gasteiger partial charge in [-0.3, -0.25) is 4.79 Å². The summed E-state index contributed by atoms with van der Waals surface area (Å²) in [6, 6.07) is 16.5. The van der Waals surface area contributed by atoms with Crippen LogP contribution in [0.25, 0.3) is 10.8 Å². The average molecular weight is 379 g/mol. The van der Waals surface area contributed by atoms with Gasteiger partial charge in [0, 0.05) is 10.7 Å². The quantitative estimate of drug-likeness (QED) is 0.623. The molecule has 26 heavy (non-hydrogen) atoms.